The number of ether oxygens (including phenoxy) is 1. The van der Waals surface area contributed by atoms with Gasteiger partial charge in [-0.2, -0.15) is 18.3 Å². The van der Waals surface area contributed by atoms with E-state index in [4.69, 9.17) is 10.5 Å². The van der Waals surface area contributed by atoms with E-state index in [1.54, 1.807) is 18.2 Å². The molecule has 0 unspecified atom stereocenters. The standard InChI is InChI=1S/C28H31F5N6O4/c1-25(2,34)23(41)36-27(16-40,17-43-13-18-6-7-19(29)11-21(18)30)38-10-8-22-26(14-38,12-20-5-3-4-9-35-20)24(42)39(37-22)15-28(31,32)33/h3-7,9,11,16H,8,10,12-15,17,34H2,1-2H3,(H,36,41)/t26-,27+/m1/s1. The molecule has 2 aromatic rings. The number of hydrogen-bond donors (Lipinski definition) is 2. The molecule has 1 saturated heterocycles. The van der Waals surface area contributed by atoms with Gasteiger partial charge < -0.3 is 15.8 Å². The van der Waals surface area contributed by atoms with Crippen LogP contribution in [-0.4, -0.2) is 82.3 Å². The molecule has 2 aliphatic rings. The largest absolute Gasteiger partial charge is 0.408 e. The average molecular weight is 611 g/mol. The summed E-state index contributed by atoms with van der Waals surface area (Å²) in [7, 11) is 0. The number of aromatic nitrogens is 1. The average Bonchev–Trinajstić information content (AvgIpc) is 3.18. The molecule has 0 radical (unpaired) electrons. The van der Waals surface area contributed by atoms with Crippen LogP contribution in [0, 0.1) is 17.0 Å². The smallest absolute Gasteiger partial charge is 0.372 e. The molecule has 0 bridgehead atoms. The fourth-order valence-electron chi connectivity index (χ4n) is 5.07. The molecular weight excluding hydrogens is 579 g/mol. The third kappa shape index (κ3) is 7.05. The number of hydrazone groups is 1. The first kappa shape index (κ1) is 32.1. The number of fused-ring (bicyclic) bond motifs is 1. The Kier molecular flexibility index (Phi) is 9.00. The predicted molar refractivity (Wildman–Crippen MR) is 143 cm³/mol. The van der Waals surface area contributed by atoms with Gasteiger partial charge in [-0.3, -0.25) is 24.3 Å². The summed E-state index contributed by atoms with van der Waals surface area (Å²) in [4.78, 5) is 45.3. The van der Waals surface area contributed by atoms with Crippen LogP contribution >= 0.6 is 0 Å². The Labute approximate surface area is 244 Å². The summed E-state index contributed by atoms with van der Waals surface area (Å²) in [5, 5.41) is 6.99. The van der Waals surface area contributed by atoms with Gasteiger partial charge in [0.05, 0.1) is 24.5 Å². The number of aldehydes is 1. The number of alkyl halides is 3. The molecule has 1 fully saturated rings. The van der Waals surface area contributed by atoms with Gasteiger partial charge in [0.2, 0.25) is 5.91 Å². The number of rotatable bonds is 11. The van der Waals surface area contributed by atoms with Gasteiger partial charge in [-0.05, 0) is 32.0 Å². The number of hydrogen-bond acceptors (Lipinski definition) is 8. The maximum Gasteiger partial charge on any atom is 0.408 e. The van der Waals surface area contributed by atoms with Gasteiger partial charge in [-0.1, -0.05) is 12.1 Å². The SMILES string of the molecule is CC(C)(N)C(=O)N[C@](C=O)(COCc1ccc(F)cc1F)N1CCC2=NN(CC(F)(F)F)C(=O)[C@]2(Cc2ccccn2)C1. The van der Waals surface area contributed by atoms with Crippen molar-refractivity contribution in [3.05, 3.63) is 65.5 Å². The van der Waals surface area contributed by atoms with E-state index in [0.29, 0.717) is 23.1 Å². The number of likely N-dealkylation sites (tertiary alicyclic amines) is 1. The number of benzene rings is 1. The van der Waals surface area contributed by atoms with Crippen molar-refractivity contribution in [3.8, 4) is 0 Å². The number of carbonyl (C=O) groups is 3. The molecule has 10 nitrogen and oxygen atoms in total. The van der Waals surface area contributed by atoms with Crippen LogP contribution in [0.3, 0.4) is 0 Å². The monoisotopic (exact) mass is 610 g/mol. The fraction of sp³-hybridized carbons (Fsp3) is 0.464. The fourth-order valence-corrected chi connectivity index (χ4v) is 5.07. The zero-order chi connectivity index (χ0) is 31.6. The van der Waals surface area contributed by atoms with E-state index in [0.717, 1.165) is 12.1 Å². The van der Waals surface area contributed by atoms with E-state index >= 15 is 0 Å². The van der Waals surface area contributed by atoms with Crippen LogP contribution in [0.5, 0.6) is 0 Å². The zero-order valence-corrected chi connectivity index (χ0v) is 23.5. The first-order chi connectivity index (χ1) is 20.1. The Hall–Kier alpha value is -3.82. The second-order valence-electron chi connectivity index (χ2n) is 11.2. The lowest BCUT2D eigenvalue weighted by Gasteiger charge is -2.47. The van der Waals surface area contributed by atoms with Crippen LogP contribution in [0.25, 0.3) is 0 Å². The minimum atomic E-state index is -4.73. The lowest BCUT2D eigenvalue weighted by atomic mass is 9.73. The van der Waals surface area contributed by atoms with Gasteiger partial charge in [-0.25, -0.2) is 13.8 Å². The van der Waals surface area contributed by atoms with E-state index in [-0.39, 0.29) is 37.2 Å². The van der Waals surface area contributed by atoms with E-state index in [2.05, 4.69) is 15.4 Å². The van der Waals surface area contributed by atoms with Crippen molar-refractivity contribution < 1.29 is 41.1 Å². The number of nitrogens with one attached hydrogen (secondary N) is 1. The van der Waals surface area contributed by atoms with Crippen molar-refractivity contribution in [1.29, 1.82) is 0 Å². The third-order valence-corrected chi connectivity index (χ3v) is 7.32. The molecule has 3 N–H and O–H groups in total. The van der Waals surface area contributed by atoms with Crippen LogP contribution in [0.1, 0.15) is 31.5 Å². The summed E-state index contributed by atoms with van der Waals surface area (Å²) in [6.07, 6.45) is -3.05. The van der Waals surface area contributed by atoms with E-state index in [9.17, 15) is 36.3 Å². The maximum absolute atomic E-state index is 14.2. The number of piperidine rings is 1. The molecule has 2 atom stereocenters. The van der Waals surface area contributed by atoms with Crippen LogP contribution < -0.4 is 11.1 Å². The molecule has 0 saturated carbocycles. The third-order valence-electron chi connectivity index (χ3n) is 7.32. The summed E-state index contributed by atoms with van der Waals surface area (Å²) >= 11 is 0. The second-order valence-corrected chi connectivity index (χ2v) is 11.2. The highest BCUT2D eigenvalue weighted by Crippen LogP contribution is 2.41. The Balaban J connectivity index is 1.70. The van der Waals surface area contributed by atoms with E-state index in [1.165, 1.54) is 24.9 Å². The summed E-state index contributed by atoms with van der Waals surface area (Å²) in [6.45, 7) is -0.161. The number of nitrogens with two attached hydrogens (primary N) is 1. The number of halogens is 5. The van der Waals surface area contributed by atoms with Gasteiger partial charge >= 0.3 is 6.18 Å². The quantitative estimate of drug-likeness (QED) is 0.295. The van der Waals surface area contributed by atoms with E-state index < -0.39 is 66.0 Å². The molecule has 2 amide bonds. The Morgan fingerprint density at radius 2 is 1.95 bits per heavy atom. The minimum absolute atomic E-state index is 0.0196. The Morgan fingerprint density at radius 3 is 2.56 bits per heavy atom. The number of pyridine rings is 1. The van der Waals surface area contributed by atoms with Crippen molar-refractivity contribution >= 4 is 23.8 Å². The number of carbonyl (C=O) groups excluding carboxylic acids is 3. The highest BCUT2D eigenvalue weighted by Gasteiger charge is 2.58. The van der Waals surface area contributed by atoms with Crippen LogP contribution in [0.4, 0.5) is 22.0 Å². The first-order valence-electron chi connectivity index (χ1n) is 13.3. The molecule has 1 aromatic carbocycles. The summed E-state index contributed by atoms with van der Waals surface area (Å²) in [6, 6.07) is 7.75. The molecular formula is C28H31F5N6O4. The number of nitrogens with zero attached hydrogens (tertiary/aromatic N) is 4. The van der Waals surface area contributed by atoms with Gasteiger partial charge in [0.15, 0.2) is 11.9 Å². The van der Waals surface area contributed by atoms with Crippen LogP contribution in [0.15, 0.2) is 47.7 Å². The van der Waals surface area contributed by atoms with Gasteiger partial charge in [-0.15, -0.1) is 0 Å². The molecule has 2 aliphatic heterocycles. The topological polar surface area (TPSA) is 130 Å². The zero-order valence-electron chi connectivity index (χ0n) is 23.5. The van der Waals surface area contributed by atoms with Crippen molar-refractivity contribution in [2.75, 3.05) is 26.2 Å². The molecule has 0 spiro atoms. The summed E-state index contributed by atoms with van der Waals surface area (Å²) < 4.78 is 73.4. The molecule has 3 heterocycles. The van der Waals surface area contributed by atoms with Crippen molar-refractivity contribution in [2.24, 2.45) is 16.3 Å². The van der Waals surface area contributed by atoms with Crippen LogP contribution in [0.2, 0.25) is 0 Å². The summed E-state index contributed by atoms with van der Waals surface area (Å²) in [5.41, 5.74) is 1.41. The first-order valence-corrected chi connectivity index (χ1v) is 13.3. The lowest BCUT2D eigenvalue weighted by Crippen LogP contribution is -2.71. The normalized spacial score (nSPS) is 20.8. The van der Waals surface area contributed by atoms with E-state index in [1.807, 2.05) is 0 Å². The molecule has 43 heavy (non-hydrogen) atoms. The Bertz CT molecular complexity index is 1400. The molecule has 0 aliphatic carbocycles. The van der Waals surface area contributed by atoms with Crippen LogP contribution in [-0.2, 0) is 32.1 Å². The van der Waals surface area contributed by atoms with Crippen molar-refractivity contribution in [3.63, 3.8) is 0 Å². The van der Waals surface area contributed by atoms with Gasteiger partial charge in [0, 0.05) is 49.5 Å². The molecule has 4 rings (SSSR count). The minimum Gasteiger partial charge on any atom is -0.372 e. The second kappa shape index (κ2) is 12.1. The Morgan fingerprint density at radius 1 is 1.21 bits per heavy atom. The maximum atomic E-state index is 14.2. The summed E-state index contributed by atoms with van der Waals surface area (Å²) in [5.74, 6) is -3.40. The molecule has 1 aromatic heterocycles. The molecule has 15 heteroatoms. The lowest BCUT2D eigenvalue weighted by molar-refractivity contribution is -0.164. The molecule has 232 valence electrons. The van der Waals surface area contributed by atoms with Crippen molar-refractivity contribution in [1.82, 2.24) is 20.2 Å². The predicted octanol–water partition coefficient (Wildman–Crippen LogP) is 2.32. The van der Waals surface area contributed by atoms with Gasteiger partial charge in [0.1, 0.15) is 23.6 Å². The van der Waals surface area contributed by atoms with Gasteiger partial charge in [0.25, 0.3) is 5.91 Å². The number of amides is 2. The highest BCUT2D eigenvalue weighted by atomic mass is 19.4. The van der Waals surface area contributed by atoms with Crippen molar-refractivity contribution in [2.45, 2.75) is 50.7 Å². The highest BCUT2D eigenvalue weighted by molar-refractivity contribution is 6.13.